The van der Waals surface area contributed by atoms with Crippen molar-refractivity contribution < 1.29 is 19.4 Å². The van der Waals surface area contributed by atoms with E-state index in [-0.39, 0.29) is 22.3 Å². The van der Waals surface area contributed by atoms with Crippen LogP contribution in [0.5, 0.6) is 11.5 Å². The molecule has 112 valence electrons. The van der Waals surface area contributed by atoms with Gasteiger partial charge in [-0.3, -0.25) is 4.79 Å². The maximum absolute atomic E-state index is 11.8. The lowest BCUT2D eigenvalue weighted by atomic mass is 9.86. The molecule has 2 amide bonds. The van der Waals surface area contributed by atoms with Crippen LogP contribution in [0.1, 0.15) is 18.5 Å². The van der Waals surface area contributed by atoms with Gasteiger partial charge in [0, 0.05) is 5.70 Å². The van der Waals surface area contributed by atoms with Gasteiger partial charge in [-0.1, -0.05) is 18.2 Å². The van der Waals surface area contributed by atoms with E-state index < -0.39 is 18.0 Å². The molecule has 3 N–H and O–H groups in total. The highest BCUT2D eigenvalue weighted by atomic mass is 35.5. The van der Waals surface area contributed by atoms with Gasteiger partial charge in [0.1, 0.15) is 5.78 Å². The fraction of sp³-hybridized carbons (Fsp3) is 0.286. The maximum atomic E-state index is 11.8. The van der Waals surface area contributed by atoms with Crippen LogP contribution in [0.25, 0.3) is 0 Å². The summed E-state index contributed by atoms with van der Waals surface area (Å²) in [5.41, 5.74) is 0.866. The molecule has 7 heteroatoms. The molecule has 1 aliphatic rings. The van der Waals surface area contributed by atoms with Gasteiger partial charge < -0.3 is 20.5 Å². The van der Waals surface area contributed by atoms with Crippen LogP contribution in [0, 0.1) is 5.92 Å². The molecule has 1 fully saturated rings. The standard InChI is InChI=1S/C14H15ClN2O4/c1-6-11(7(2)18)12(17-14(20)16-6)8-4-9(15)13(19)10(5-8)21-3/h4-5,11-12,19H,1H2,2-3H3,(H2,16,17,20). The highest BCUT2D eigenvalue weighted by Crippen LogP contribution is 2.39. The number of hydrogen-bond acceptors (Lipinski definition) is 4. The quantitative estimate of drug-likeness (QED) is 0.798. The molecule has 6 nitrogen and oxygen atoms in total. The molecule has 0 aliphatic carbocycles. The van der Waals surface area contributed by atoms with Crippen molar-refractivity contribution in [1.29, 1.82) is 0 Å². The number of hydrogen-bond donors (Lipinski definition) is 3. The maximum Gasteiger partial charge on any atom is 0.319 e. The van der Waals surface area contributed by atoms with E-state index >= 15 is 0 Å². The second kappa shape index (κ2) is 5.65. The highest BCUT2D eigenvalue weighted by Gasteiger charge is 2.36. The lowest BCUT2D eigenvalue weighted by Crippen LogP contribution is -2.50. The van der Waals surface area contributed by atoms with Crippen LogP contribution in [-0.2, 0) is 4.79 Å². The first-order valence-corrected chi connectivity index (χ1v) is 6.56. The summed E-state index contributed by atoms with van der Waals surface area (Å²) in [6.45, 7) is 5.14. The van der Waals surface area contributed by atoms with Gasteiger partial charge in [0.25, 0.3) is 0 Å². The second-order valence-electron chi connectivity index (χ2n) is 4.74. The molecule has 1 aromatic rings. The minimum Gasteiger partial charge on any atom is -0.503 e. The van der Waals surface area contributed by atoms with Crippen molar-refractivity contribution in [3.63, 3.8) is 0 Å². The summed E-state index contributed by atoms with van der Waals surface area (Å²) in [5, 5.41) is 15.0. The van der Waals surface area contributed by atoms with E-state index in [2.05, 4.69) is 17.2 Å². The van der Waals surface area contributed by atoms with Crippen LogP contribution in [0.4, 0.5) is 4.79 Å². The Labute approximate surface area is 126 Å². The van der Waals surface area contributed by atoms with Gasteiger partial charge in [0.2, 0.25) is 0 Å². The zero-order valence-corrected chi connectivity index (χ0v) is 12.3. The highest BCUT2D eigenvalue weighted by molar-refractivity contribution is 6.32. The molecule has 1 aliphatic heterocycles. The van der Waals surface area contributed by atoms with Crippen molar-refractivity contribution >= 4 is 23.4 Å². The number of urea groups is 1. The van der Waals surface area contributed by atoms with Crippen molar-refractivity contribution in [3.8, 4) is 11.5 Å². The molecule has 2 atom stereocenters. The number of amides is 2. The number of phenols is 1. The van der Waals surface area contributed by atoms with Gasteiger partial charge in [-0.15, -0.1) is 0 Å². The number of carbonyl (C=O) groups excluding carboxylic acids is 2. The fourth-order valence-corrected chi connectivity index (χ4v) is 2.59. The zero-order chi connectivity index (χ0) is 15.7. The topological polar surface area (TPSA) is 87.7 Å². The average molecular weight is 311 g/mol. The smallest absolute Gasteiger partial charge is 0.319 e. The summed E-state index contributed by atoms with van der Waals surface area (Å²) in [7, 11) is 1.39. The van der Waals surface area contributed by atoms with Gasteiger partial charge in [0.15, 0.2) is 11.5 Å². The van der Waals surface area contributed by atoms with Crippen LogP contribution in [0.15, 0.2) is 24.4 Å². The van der Waals surface area contributed by atoms with Crippen molar-refractivity contribution in [3.05, 3.63) is 35.0 Å². The zero-order valence-electron chi connectivity index (χ0n) is 11.6. The van der Waals surface area contributed by atoms with Crippen molar-refractivity contribution in [1.82, 2.24) is 10.6 Å². The molecule has 0 aromatic heterocycles. The van der Waals surface area contributed by atoms with Crippen LogP contribution < -0.4 is 15.4 Å². The van der Waals surface area contributed by atoms with E-state index in [1.807, 2.05) is 0 Å². The third-order valence-electron chi connectivity index (χ3n) is 3.34. The van der Waals surface area contributed by atoms with E-state index in [9.17, 15) is 14.7 Å². The molecule has 0 radical (unpaired) electrons. The number of rotatable bonds is 3. The number of phenolic OH excluding ortho intramolecular Hbond substituents is 1. The number of nitrogens with one attached hydrogen (secondary N) is 2. The summed E-state index contributed by atoms with van der Waals surface area (Å²) in [5.74, 6) is -0.812. The van der Waals surface area contributed by atoms with E-state index in [1.54, 1.807) is 0 Å². The Kier molecular flexibility index (Phi) is 4.09. The molecule has 21 heavy (non-hydrogen) atoms. The van der Waals surface area contributed by atoms with Crippen LogP contribution >= 0.6 is 11.6 Å². The number of aromatic hydroxyl groups is 1. The fourth-order valence-electron chi connectivity index (χ4n) is 2.37. The first-order chi connectivity index (χ1) is 9.85. The van der Waals surface area contributed by atoms with E-state index in [1.165, 1.54) is 26.2 Å². The molecule has 1 saturated heterocycles. The SMILES string of the molecule is C=C1NC(=O)NC(c2cc(Cl)c(O)c(OC)c2)C1C(C)=O. The van der Waals surface area contributed by atoms with Gasteiger partial charge in [0.05, 0.1) is 24.1 Å². The van der Waals surface area contributed by atoms with Crippen molar-refractivity contribution in [2.75, 3.05) is 7.11 Å². The summed E-state index contributed by atoms with van der Waals surface area (Å²) in [4.78, 5) is 23.5. The Balaban J connectivity index is 2.51. The number of methoxy groups -OCH3 is 1. The Bertz CT molecular complexity index is 630. The van der Waals surface area contributed by atoms with Crippen molar-refractivity contribution in [2.24, 2.45) is 5.92 Å². The second-order valence-corrected chi connectivity index (χ2v) is 5.15. The molecule has 1 aromatic carbocycles. The van der Waals surface area contributed by atoms with Crippen LogP contribution in [0.2, 0.25) is 5.02 Å². The minimum absolute atomic E-state index is 0.0741. The summed E-state index contributed by atoms with van der Waals surface area (Å²) in [6.07, 6.45) is 0. The molecular weight excluding hydrogens is 296 g/mol. The normalized spacial score (nSPS) is 21.5. The Morgan fingerprint density at radius 1 is 1.48 bits per heavy atom. The Morgan fingerprint density at radius 3 is 2.71 bits per heavy atom. The monoisotopic (exact) mass is 310 g/mol. The van der Waals surface area contributed by atoms with Gasteiger partial charge in [-0.2, -0.15) is 0 Å². The number of benzene rings is 1. The Morgan fingerprint density at radius 2 is 2.14 bits per heavy atom. The summed E-state index contributed by atoms with van der Waals surface area (Å²) < 4.78 is 5.04. The van der Waals surface area contributed by atoms with E-state index in [0.29, 0.717) is 11.3 Å². The predicted molar refractivity (Wildman–Crippen MR) is 77.4 cm³/mol. The van der Waals surface area contributed by atoms with Gasteiger partial charge >= 0.3 is 6.03 Å². The average Bonchev–Trinajstić information content (AvgIpc) is 2.40. The van der Waals surface area contributed by atoms with Gasteiger partial charge in [-0.25, -0.2) is 4.79 Å². The molecular formula is C14H15ClN2O4. The van der Waals surface area contributed by atoms with Crippen molar-refractivity contribution in [2.45, 2.75) is 13.0 Å². The molecule has 0 bridgehead atoms. The largest absolute Gasteiger partial charge is 0.503 e. The van der Waals surface area contributed by atoms with Gasteiger partial charge in [-0.05, 0) is 24.6 Å². The molecule has 2 unspecified atom stereocenters. The lowest BCUT2D eigenvalue weighted by Gasteiger charge is -2.33. The summed E-state index contributed by atoms with van der Waals surface area (Å²) >= 11 is 5.95. The van der Waals surface area contributed by atoms with Crippen LogP contribution in [-0.4, -0.2) is 24.0 Å². The number of ketones is 1. The predicted octanol–water partition coefficient (Wildman–Crippen LogP) is 2.13. The molecule has 0 spiro atoms. The Hall–Kier alpha value is -2.21. The first kappa shape index (κ1) is 15.2. The first-order valence-electron chi connectivity index (χ1n) is 6.18. The van der Waals surface area contributed by atoms with E-state index in [4.69, 9.17) is 16.3 Å². The minimum atomic E-state index is -0.631. The lowest BCUT2D eigenvalue weighted by molar-refractivity contribution is -0.120. The number of Topliss-reactive ketones (excluding diaryl/α,β-unsaturated/α-hetero) is 1. The molecule has 1 heterocycles. The number of carbonyl (C=O) groups is 2. The molecule has 0 saturated carbocycles. The summed E-state index contributed by atoms with van der Waals surface area (Å²) in [6, 6.07) is 1.93. The van der Waals surface area contributed by atoms with Crippen LogP contribution in [0.3, 0.4) is 0 Å². The third kappa shape index (κ3) is 2.80. The number of ether oxygens (including phenoxy) is 1. The van der Waals surface area contributed by atoms with E-state index in [0.717, 1.165) is 0 Å². The molecule has 2 rings (SSSR count). The number of halogens is 1. The third-order valence-corrected chi connectivity index (χ3v) is 3.63.